The van der Waals surface area contributed by atoms with Gasteiger partial charge >= 0.3 is 12.0 Å². The van der Waals surface area contributed by atoms with Crippen molar-refractivity contribution in [2.24, 2.45) is 17.2 Å². The molecule has 4 aromatic rings. The van der Waals surface area contributed by atoms with Crippen LogP contribution in [0.5, 0.6) is 0 Å². The molecule has 2 aliphatic heterocycles. The molecule has 454 valence electrons. The van der Waals surface area contributed by atoms with Crippen molar-refractivity contribution in [3.05, 3.63) is 102 Å². The standard InChI is InChI=1S/C52H67N19O12S2/c53-42(75)38-24-84-85-25-39(63-40(72)23-71-49(82)34(70-52(71)83)13-7-17-60-51(56)57)48(81)65-33(14-15-41(73)74)44(77)68-37(20-29-22-58-26-62-29)47(80)66-35(18-27-8-2-1-3-9-27)45(78)64-32(12-6-16-59-50(54)55)43(76)67-36(46(79)69-38)19-28-21-61-31-11-5-4-10-30(28)31/h1-5,7-11,13,21-22,26,32-39,61H,6,12,14-20,23-25H2,(H2,53,75)(H,58,62)(H,63,72)(H,64,78)(H,65,81)(H,66,80)(H,67,76)(H,68,77)(H,69,79)(H,70,83)(H,73,74)(H4,54,55,59)(H4,56,57,60)/b13-7+/t32-,33-,34-,35+,36-,37-,38-,39-/m0/s1. The minimum atomic E-state index is -1.74. The molecule has 8 atom stereocenters. The van der Waals surface area contributed by atoms with Crippen molar-refractivity contribution in [2.75, 3.05) is 31.1 Å². The Morgan fingerprint density at radius 1 is 0.694 bits per heavy atom. The lowest BCUT2D eigenvalue weighted by Crippen LogP contribution is -2.61. The summed E-state index contributed by atoms with van der Waals surface area (Å²) >= 11 is 0. The van der Waals surface area contributed by atoms with E-state index < -0.39 is 133 Å². The van der Waals surface area contributed by atoms with Crippen LogP contribution in [0.1, 0.15) is 42.5 Å². The molecular formula is C52H67N19O12S2. The summed E-state index contributed by atoms with van der Waals surface area (Å²) in [4.78, 5) is 163. The van der Waals surface area contributed by atoms with Gasteiger partial charge in [0.2, 0.25) is 47.3 Å². The molecule has 2 aromatic carbocycles. The number of carboxylic acid groups (broad SMARTS) is 1. The zero-order valence-electron chi connectivity index (χ0n) is 45.6. The Bertz CT molecular complexity index is 3130. The topological polar surface area (TPSA) is 502 Å². The highest BCUT2D eigenvalue weighted by molar-refractivity contribution is 8.76. The molecule has 6 rings (SSSR count). The van der Waals surface area contributed by atoms with Gasteiger partial charge in [-0.2, -0.15) is 0 Å². The molecule has 2 fully saturated rings. The number of guanidine groups is 2. The molecule has 0 radical (unpaired) electrons. The van der Waals surface area contributed by atoms with Crippen LogP contribution >= 0.6 is 21.6 Å². The highest BCUT2D eigenvalue weighted by atomic mass is 33.1. The highest BCUT2D eigenvalue weighted by Gasteiger charge is 2.39. The van der Waals surface area contributed by atoms with Crippen molar-refractivity contribution >= 4 is 110 Å². The first kappa shape index (κ1) is 64.5. The highest BCUT2D eigenvalue weighted by Crippen LogP contribution is 2.24. The lowest BCUT2D eigenvalue weighted by Gasteiger charge is -2.28. The number of amides is 11. The van der Waals surface area contributed by atoms with Gasteiger partial charge < -0.3 is 85.4 Å². The van der Waals surface area contributed by atoms with E-state index in [4.69, 9.17) is 28.0 Å². The number of imide groups is 1. The van der Waals surface area contributed by atoms with Crippen LogP contribution in [0.2, 0.25) is 0 Å². The molecule has 0 aliphatic carbocycles. The van der Waals surface area contributed by atoms with E-state index >= 15 is 0 Å². The summed E-state index contributed by atoms with van der Waals surface area (Å²) in [6, 6.07) is 2.60. The second kappa shape index (κ2) is 31.7. The first-order valence-corrected chi connectivity index (χ1v) is 29.0. The number of rotatable bonds is 20. The third kappa shape index (κ3) is 20.0. The summed E-state index contributed by atoms with van der Waals surface area (Å²) in [5, 5.41) is 51.1. The summed E-state index contributed by atoms with van der Waals surface area (Å²) in [7, 11) is 1.77. The molecule has 0 unspecified atom stereocenters. The van der Waals surface area contributed by atoms with Crippen LogP contribution in [-0.2, 0) is 67.2 Å². The molecule has 0 saturated carbocycles. The lowest BCUT2D eigenvalue weighted by atomic mass is 10.0. The number of nitrogens with zero attached hydrogens (tertiary/aromatic N) is 2. The number of urea groups is 1. The predicted octanol–water partition coefficient (Wildman–Crippen LogP) is -3.72. The second-order valence-corrected chi connectivity index (χ2v) is 22.0. The first-order chi connectivity index (χ1) is 40.6. The summed E-state index contributed by atoms with van der Waals surface area (Å²) in [6.07, 6.45) is 5.15. The van der Waals surface area contributed by atoms with Crippen LogP contribution in [0.15, 0.2) is 85.5 Å². The SMILES string of the molecule is N=C(N)NC/C=C/[C@@H]1NC(=O)N(CC(=O)N[C@H]2CSSC[C@@H](C(N)=O)NC(=O)[C@H](Cc3c[nH]c4ccccc34)NC(=O)[C@H](CCCNC(=N)N)NC(=O)[C@@H](Cc3ccccc3)NC(=O)[C@H](Cc3c[nH]cn3)NC(=O)[C@H](CCC(=O)O)NC2=O)C1=O. The van der Waals surface area contributed by atoms with Crippen LogP contribution in [0.25, 0.3) is 10.9 Å². The maximum Gasteiger partial charge on any atom is 0.325 e. The summed E-state index contributed by atoms with van der Waals surface area (Å²) in [6.45, 7) is -0.812. The van der Waals surface area contributed by atoms with Crippen molar-refractivity contribution in [2.45, 2.75) is 93.3 Å². The van der Waals surface area contributed by atoms with E-state index in [9.17, 15) is 57.8 Å². The van der Waals surface area contributed by atoms with Crippen LogP contribution in [-0.4, -0.2) is 182 Å². The van der Waals surface area contributed by atoms with Gasteiger partial charge in [0.15, 0.2) is 11.9 Å². The Morgan fingerprint density at radius 3 is 1.95 bits per heavy atom. The van der Waals surface area contributed by atoms with Crippen LogP contribution in [0.3, 0.4) is 0 Å². The third-order valence-electron chi connectivity index (χ3n) is 13.1. The van der Waals surface area contributed by atoms with E-state index in [1.807, 2.05) is 0 Å². The fourth-order valence-corrected chi connectivity index (χ4v) is 11.1. The van der Waals surface area contributed by atoms with Gasteiger partial charge in [-0.1, -0.05) is 82.3 Å². The minimum Gasteiger partial charge on any atom is -0.481 e. The van der Waals surface area contributed by atoms with Crippen LogP contribution < -0.4 is 70.4 Å². The van der Waals surface area contributed by atoms with Crippen molar-refractivity contribution in [3.8, 4) is 0 Å². The van der Waals surface area contributed by atoms with E-state index in [1.54, 1.807) is 60.8 Å². The van der Waals surface area contributed by atoms with Crippen molar-refractivity contribution < 1.29 is 57.8 Å². The number of fused-ring (bicyclic) bond motifs is 1. The molecule has 4 heterocycles. The van der Waals surface area contributed by atoms with Crippen molar-refractivity contribution in [3.63, 3.8) is 0 Å². The monoisotopic (exact) mass is 1210 g/mol. The molecule has 85 heavy (non-hydrogen) atoms. The number of primary amides is 1. The van der Waals surface area contributed by atoms with Gasteiger partial charge in [0, 0.05) is 73.6 Å². The quantitative estimate of drug-likeness (QED) is 0.0101. The van der Waals surface area contributed by atoms with Gasteiger partial charge in [0.05, 0.1) is 12.0 Å². The number of carbonyl (C=O) groups is 11. The number of aromatic nitrogens is 3. The Morgan fingerprint density at radius 2 is 1.29 bits per heavy atom. The number of H-pyrrole nitrogens is 2. The van der Waals surface area contributed by atoms with Gasteiger partial charge in [-0.3, -0.25) is 63.7 Å². The average molecular weight is 1210 g/mol. The Hall–Kier alpha value is -9.66. The molecule has 31 nitrogen and oxygen atoms in total. The molecule has 2 aliphatic rings. The number of imidazole rings is 1. The number of nitrogens with two attached hydrogens (primary N) is 3. The number of para-hydroxylation sites is 1. The predicted molar refractivity (Wildman–Crippen MR) is 311 cm³/mol. The minimum absolute atomic E-state index is 0.0284. The van der Waals surface area contributed by atoms with Gasteiger partial charge in [-0.25, -0.2) is 9.78 Å². The third-order valence-corrected chi connectivity index (χ3v) is 15.5. The largest absolute Gasteiger partial charge is 0.481 e. The number of benzene rings is 2. The van der Waals surface area contributed by atoms with Gasteiger partial charge in [-0.15, -0.1) is 0 Å². The lowest BCUT2D eigenvalue weighted by molar-refractivity contribution is -0.138. The summed E-state index contributed by atoms with van der Waals surface area (Å²) in [5.41, 5.74) is 18.7. The maximum atomic E-state index is 14.7. The average Bonchev–Trinajstić information content (AvgIpc) is 4.29. The van der Waals surface area contributed by atoms with E-state index in [1.165, 1.54) is 24.7 Å². The van der Waals surface area contributed by atoms with E-state index in [0.717, 1.165) is 21.6 Å². The molecule has 33 heteroatoms. The fraction of sp³-hybridized carbons (Fsp3) is 0.385. The van der Waals surface area contributed by atoms with E-state index in [-0.39, 0.29) is 74.3 Å². The number of nitrogens with one attached hydrogen (secondary N) is 14. The molecule has 21 N–H and O–H groups in total. The zero-order chi connectivity index (χ0) is 61.6. The molecule has 2 saturated heterocycles. The van der Waals surface area contributed by atoms with Gasteiger partial charge in [0.1, 0.15) is 54.9 Å². The number of hydrogen-bond donors (Lipinski definition) is 18. The number of aliphatic carboxylic acids is 1. The zero-order valence-corrected chi connectivity index (χ0v) is 47.2. The van der Waals surface area contributed by atoms with Crippen molar-refractivity contribution in [1.82, 2.24) is 73.0 Å². The molecule has 2 aromatic heterocycles. The molecular weight excluding hydrogens is 1150 g/mol. The number of carbonyl (C=O) groups excluding carboxylic acids is 10. The summed E-state index contributed by atoms with van der Waals surface area (Å²) in [5.74, 6) is -11.5. The van der Waals surface area contributed by atoms with Crippen LogP contribution in [0.4, 0.5) is 4.79 Å². The number of hydrogen-bond acceptors (Lipinski definition) is 16. The van der Waals surface area contributed by atoms with Gasteiger partial charge in [0.25, 0.3) is 5.91 Å². The fourth-order valence-electron chi connectivity index (χ4n) is 8.77. The van der Waals surface area contributed by atoms with Crippen LogP contribution in [0, 0.1) is 10.8 Å². The van der Waals surface area contributed by atoms with Crippen molar-refractivity contribution in [1.29, 1.82) is 10.8 Å². The Balaban J connectivity index is 1.38. The van der Waals surface area contributed by atoms with E-state index in [2.05, 4.69) is 68.1 Å². The summed E-state index contributed by atoms with van der Waals surface area (Å²) < 4.78 is 0. The molecule has 0 bridgehead atoms. The Kier molecular flexibility index (Phi) is 24.0. The number of aromatic amines is 2. The first-order valence-electron chi connectivity index (χ1n) is 26.5. The number of carboxylic acids is 1. The Labute approximate surface area is 493 Å². The maximum absolute atomic E-state index is 14.7. The molecule has 11 amide bonds. The van der Waals surface area contributed by atoms with Gasteiger partial charge in [-0.05, 0) is 36.5 Å². The second-order valence-electron chi connectivity index (χ2n) is 19.5. The normalized spacial score (nSPS) is 22.4. The van der Waals surface area contributed by atoms with E-state index in [0.29, 0.717) is 26.9 Å². The molecule has 0 spiro atoms. The smallest absolute Gasteiger partial charge is 0.325 e.